The first-order chi connectivity index (χ1) is 6.49. The summed E-state index contributed by atoms with van der Waals surface area (Å²) in [6.45, 7) is 3.55. The van der Waals surface area contributed by atoms with E-state index in [1.807, 2.05) is 6.08 Å². The lowest BCUT2D eigenvalue weighted by Crippen LogP contribution is -2.29. The number of ether oxygens (including phenoxy) is 2. The Balaban J connectivity index is 2.28. The molecule has 4 nitrogen and oxygen atoms in total. The highest BCUT2D eigenvalue weighted by atomic mass is 16.8. The maximum Gasteiger partial charge on any atom is 0.334 e. The van der Waals surface area contributed by atoms with Crippen LogP contribution < -0.4 is 0 Å². The second kappa shape index (κ2) is 2.93. The average Bonchev–Trinajstić information content (AvgIpc) is 2.36. The zero-order valence-electron chi connectivity index (χ0n) is 8.06. The van der Waals surface area contributed by atoms with Crippen molar-refractivity contribution >= 4 is 5.97 Å². The van der Waals surface area contributed by atoms with E-state index in [9.17, 15) is 4.79 Å². The van der Waals surface area contributed by atoms with E-state index < -0.39 is 17.9 Å². The molecule has 0 aromatic carbocycles. The zero-order valence-corrected chi connectivity index (χ0v) is 8.06. The maximum atomic E-state index is 10.9. The maximum absolute atomic E-state index is 10.9. The van der Waals surface area contributed by atoms with E-state index in [4.69, 9.17) is 14.6 Å². The molecule has 0 amide bonds. The molecule has 14 heavy (non-hydrogen) atoms. The molecule has 0 aromatic rings. The van der Waals surface area contributed by atoms with Crippen LogP contribution >= 0.6 is 0 Å². The molecular weight excluding hydrogens is 184 g/mol. The predicted octanol–water partition coefficient (Wildman–Crippen LogP) is 1.09. The van der Waals surface area contributed by atoms with Crippen LogP contribution in [0.4, 0.5) is 0 Å². The Kier molecular flexibility index (Phi) is 1.97. The van der Waals surface area contributed by atoms with E-state index in [2.05, 4.69) is 0 Å². The first kappa shape index (κ1) is 9.43. The van der Waals surface area contributed by atoms with E-state index in [1.54, 1.807) is 26.0 Å². The fraction of sp³-hybridized carbons (Fsp3) is 0.500. The third-order valence-corrected chi connectivity index (χ3v) is 2.26. The van der Waals surface area contributed by atoms with Gasteiger partial charge in [-0.1, -0.05) is 12.2 Å². The van der Waals surface area contributed by atoms with Gasteiger partial charge in [0, 0.05) is 0 Å². The summed E-state index contributed by atoms with van der Waals surface area (Å²) in [5, 5.41) is 8.92. The third-order valence-electron chi connectivity index (χ3n) is 2.26. The molecule has 2 aliphatic rings. The lowest BCUT2D eigenvalue weighted by Gasteiger charge is -2.17. The largest absolute Gasteiger partial charge is 0.478 e. The summed E-state index contributed by atoms with van der Waals surface area (Å²) < 4.78 is 11.0. The van der Waals surface area contributed by atoms with Gasteiger partial charge in [-0.3, -0.25) is 0 Å². The van der Waals surface area contributed by atoms with Crippen LogP contribution in [-0.4, -0.2) is 29.1 Å². The standard InChI is InChI=1S/C10H12O4/c1-10(2)13-7-5-3-4-6(9(11)12)8(7)14-10/h3-5,7-8H,1-2H3,(H,11,12). The molecule has 2 unspecified atom stereocenters. The summed E-state index contributed by atoms with van der Waals surface area (Å²) in [7, 11) is 0. The van der Waals surface area contributed by atoms with Crippen LogP contribution in [-0.2, 0) is 14.3 Å². The zero-order chi connectivity index (χ0) is 10.3. The van der Waals surface area contributed by atoms with Crippen molar-refractivity contribution in [3.63, 3.8) is 0 Å². The first-order valence-electron chi connectivity index (χ1n) is 4.47. The molecule has 0 spiro atoms. The number of hydrogen-bond acceptors (Lipinski definition) is 3. The molecule has 4 heteroatoms. The number of fused-ring (bicyclic) bond motifs is 1. The number of aliphatic carboxylic acids is 1. The molecule has 1 fully saturated rings. The molecule has 2 atom stereocenters. The van der Waals surface area contributed by atoms with Gasteiger partial charge in [0.1, 0.15) is 12.2 Å². The van der Waals surface area contributed by atoms with Crippen molar-refractivity contribution in [1.82, 2.24) is 0 Å². The fourth-order valence-electron chi connectivity index (χ4n) is 1.73. The van der Waals surface area contributed by atoms with Crippen molar-refractivity contribution in [3.05, 3.63) is 23.8 Å². The van der Waals surface area contributed by atoms with Crippen LogP contribution in [0.5, 0.6) is 0 Å². The average molecular weight is 196 g/mol. The first-order valence-corrected chi connectivity index (χ1v) is 4.47. The van der Waals surface area contributed by atoms with Gasteiger partial charge >= 0.3 is 5.97 Å². The highest BCUT2D eigenvalue weighted by molar-refractivity contribution is 5.88. The minimum Gasteiger partial charge on any atom is -0.478 e. The molecule has 76 valence electrons. The monoisotopic (exact) mass is 196 g/mol. The van der Waals surface area contributed by atoms with Gasteiger partial charge in [0.25, 0.3) is 0 Å². The van der Waals surface area contributed by atoms with E-state index in [0.29, 0.717) is 0 Å². The van der Waals surface area contributed by atoms with Crippen LogP contribution in [0.2, 0.25) is 0 Å². The van der Waals surface area contributed by atoms with Gasteiger partial charge in [0.2, 0.25) is 0 Å². The summed E-state index contributed by atoms with van der Waals surface area (Å²) in [5.74, 6) is -1.66. The van der Waals surface area contributed by atoms with E-state index in [1.165, 1.54) is 0 Å². The fourth-order valence-corrected chi connectivity index (χ4v) is 1.73. The Bertz CT molecular complexity index is 327. The number of carbonyl (C=O) groups is 1. The lowest BCUT2D eigenvalue weighted by atomic mass is 10.00. The summed E-state index contributed by atoms with van der Waals surface area (Å²) in [4.78, 5) is 10.9. The molecule has 0 radical (unpaired) electrons. The van der Waals surface area contributed by atoms with Crippen LogP contribution in [0.15, 0.2) is 23.8 Å². The molecule has 0 saturated carbocycles. The summed E-state index contributed by atoms with van der Waals surface area (Å²) in [6, 6.07) is 0. The van der Waals surface area contributed by atoms with Crippen molar-refractivity contribution < 1.29 is 19.4 Å². The molecular formula is C10H12O4. The molecule has 0 bridgehead atoms. The third kappa shape index (κ3) is 1.47. The Morgan fingerprint density at radius 1 is 1.50 bits per heavy atom. The van der Waals surface area contributed by atoms with E-state index in [-0.39, 0.29) is 11.7 Å². The van der Waals surface area contributed by atoms with Crippen molar-refractivity contribution in [3.8, 4) is 0 Å². The van der Waals surface area contributed by atoms with Crippen molar-refractivity contribution in [2.24, 2.45) is 0 Å². The quantitative estimate of drug-likeness (QED) is 0.682. The molecule has 1 aliphatic heterocycles. The Morgan fingerprint density at radius 3 is 2.86 bits per heavy atom. The second-order valence-electron chi connectivity index (χ2n) is 3.83. The molecule has 2 rings (SSSR count). The number of allylic oxidation sites excluding steroid dienone is 2. The van der Waals surface area contributed by atoms with Gasteiger partial charge in [0.15, 0.2) is 5.79 Å². The minimum atomic E-state index is -0.953. The minimum absolute atomic E-state index is 0.253. The number of carboxylic acids is 1. The number of hydrogen-bond donors (Lipinski definition) is 1. The van der Waals surface area contributed by atoms with Crippen molar-refractivity contribution in [1.29, 1.82) is 0 Å². The Labute approximate surface area is 81.8 Å². The molecule has 1 saturated heterocycles. The second-order valence-corrected chi connectivity index (χ2v) is 3.83. The summed E-state index contributed by atoms with van der Waals surface area (Å²) in [5.41, 5.74) is 0.253. The number of carboxylic acid groups (broad SMARTS) is 1. The van der Waals surface area contributed by atoms with E-state index in [0.717, 1.165) is 0 Å². The SMILES string of the molecule is CC1(C)OC2C=CC=C(C(=O)O)C2O1. The van der Waals surface area contributed by atoms with Crippen molar-refractivity contribution in [2.45, 2.75) is 31.8 Å². The normalized spacial score (nSPS) is 33.7. The smallest absolute Gasteiger partial charge is 0.334 e. The predicted molar refractivity (Wildman–Crippen MR) is 48.7 cm³/mol. The number of rotatable bonds is 1. The van der Waals surface area contributed by atoms with Crippen LogP contribution in [0.1, 0.15) is 13.8 Å². The highest BCUT2D eigenvalue weighted by Gasteiger charge is 2.44. The summed E-state index contributed by atoms with van der Waals surface area (Å²) in [6.07, 6.45) is 4.30. The van der Waals surface area contributed by atoms with Crippen molar-refractivity contribution in [2.75, 3.05) is 0 Å². The topological polar surface area (TPSA) is 55.8 Å². The van der Waals surface area contributed by atoms with E-state index >= 15 is 0 Å². The molecule has 1 aliphatic carbocycles. The van der Waals surface area contributed by atoms with Crippen LogP contribution in [0.25, 0.3) is 0 Å². The molecule has 1 heterocycles. The highest BCUT2D eigenvalue weighted by Crippen LogP contribution is 2.34. The Morgan fingerprint density at radius 2 is 2.21 bits per heavy atom. The van der Waals surface area contributed by atoms with Gasteiger partial charge < -0.3 is 14.6 Å². The van der Waals surface area contributed by atoms with Gasteiger partial charge in [-0.25, -0.2) is 4.79 Å². The molecule has 1 N–H and O–H groups in total. The van der Waals surface area contributed by atoms with Crippen LogP contribution in [0, 0.1) is 0 Å². The van der Waals surface area contributed by atoms with Gasteiger partial charge in [-0.2, -0.15) is 0 Å². The van der Waals surface area contributed by atoms with Gasteiger partial charge in [-0.05, 0) is 19.9 Å². The Hall–Kier alpha value is -1.13. The van der Waals surface area contributed by atoms with Gasteiger partial charge in [-0.15, -0.1) is 0 Å². The van der Waals surface area contributed by atoms with Crippen LogP contribution in [0.3, 0.4) is 0 Å². The summed E-state index contributed by atoms with van der Waals surface area (Å²) >= 11 is 0. The molecule has 0 aromatic heterocycles. The van der Waals surface area contributed by atoms with Gasteiger partial charge in [0.05, 0.1) is 5.57 Å². The lowest BCUT2D eigenvalue weighted by molar-refractivity contribution is -0.144.